The van der Waals surface area contributed by atoms with E-state index >= 15 is 0 Å². The van der Waals surface area contributed by atoms with Crippen molar-refractivity contribution >= 4 is 15.8 Å². The maximum atomic E-state index is 13.5. The molecule has 2 aliphatic heterocycles. The Balaban J connectivity index is 1.82. The molecule has 6 nitrogen and oxygen atoms in total. The van der Waals surface area contributed by atoms with Gasteiger partial charge < -0.3 is 4.74 Å². The average Bonchev–Trinajstić information content (AvgIpc) is 2.72. The van der Waals surface area contributed by atoms with Gasteiger partial charge in [-0.1, -0.05) is 23.8 Å². The second-order valence-corrected chi connectivity index (χ2v) is 10.7. The predicted octanol–water partition coefficient (Wildman–Crippen LogP) is 3.05. The molecule has 0 N–H and O–H groups in total. The number of ether oxygens (including phenoxy) is 1. The zero-order valence-electron chi connectivity index (χ0n) is 18.6. The van der Waals surface area contributed by atoms with Crippen molar-refractivity contribution in [3.63, 3.8) is 0 Å². The summed E-state index contributed by atoms with van der Waals surface area (Å²) in [5.74, 6) is 0.814. The number of fused-ring (bicyclic) bond motifs is 3. The minimum Gasteiger partial charge on any atom is -0.496 e. The number of Topliss-reactive ketones (excluding diaryl/α,β-unsaturated/α-hetero) is 1. The van der Waals surface area contributed by atoms with Crippen LogP contribution in [-0.2, 0) is 26.8 Å². The summed E-state index contributed by atoms with van der Waals surface area (Å²) in [6.07, 6.45) is 1.15. The molecule has 2 aromatic carbocycles. The minimum absolute atomic E-state index is 0.0481. The Morgan fingerprint density at radius 1 is 1.10 bits per heavy atom. The second kappa shape index (κ2) is 8.04. The van der Waals surface area contributed by atoms with E-state index in [0.29, 0.717) is 18.0 Å². The molecule has 0 bridgehead atoms. The Morgan fingerprint density at radius 3 is 2.45 bits per heavy atom. The first-order valence-electron chi connectivity index (χ1n) is 10.7. The molecule has 0 aromatic heterocycles. The summed E-state index contributed by atoms with van der Waals surface area (Å²) >= 11 is 0. The van der Waals surface area contributed by atoms with Crippen molar-refractivity contribution in [2.24, 2.45) is 0 Å². The van der Waals surface area contributed by atoms with E-state index in [1.54, 1.807) is 30.5 Å². The normalized spacial score (nSPS) is 21.9. The molecule has 31 heavy (non-hydrogen) atoms. The molecule has 0 radical (unpaired) electrons. The number of carbonyl (C=O) groups excluding carboxylic acids is 1. The SMILES string of the molecule is COc1cc2c(cc1C)CCN1CCN(S(=O)(=O)c3ccc(C)cc3)CC21CC(C)=O. The predicted molar refractivity (Wildman–Crippen MR) is 120 cm³/mol. The van der Waals surface area contributed by atoms with E-state index in [1.807, 2.05) is 32.0 Å². The van der Waals surface area contributed by atoms with Crippen LogP contribution in [0, 0.1) is 13.8 Å². The van der Waals surface area contributed by atoms with Crippen molar-refractivity contribution in [3.8, 4) is 5.75 Å². The average molecular weight is 443 g/mol. The lowest BCUT2D eigenvalue weighted by atomic mass is 9.75. The van der Waals surface area contributed by atoms with E-state index in [2.05, 4.69) is 11.0 Å². The summed E-state index contributed by atoms with van der Waals surface area (Å²) in [5, 5.41) is 0. The van der Waals surface area contributed by atoms with Crippen LogP contribution in [0.15, 0.2) is 41.3 Å². The first-order chi connectivity index (χ1) is 14.7. The monoisotopic (exact) mass is 442 g/mol. The summed E-state index contributed by atoms with van der Waals surface area (Å²) in [6, 6.07) is 11.1. The number of sulfonamides is 1. The number of piperazine rings is 1. The van der Waals surface area contributed by atoms with Gasteiger partial charge in [-0.05, 0) is 62.1 Å². The smallest absolute Gasteiger partial charge is 0.243 e. The molecule has 7 heteroatoms. The van der Waals surface area contributed by atoms with E-state index < -0.39 is 15.6 Å². The van der Waals surface area contributed by atoms with E-state index in [9.17, 15) is 13.2 Å². The van der Waals surface area contributed by atoms with Gasteiger partial charge in [0.25, 0.3) is 0 Å². The first-order valence-corrected chi connectivity index (χ1v) is 12.1. The lowest BCUT2D eigenvalue weighted by Gasteiger charge is -2.53. The van der Waals surface area contributed by atoms with E-state index in [1.165, 1.54) is 5.56 Å². The maximum absolute atomic E-state index is 13.5. The molecule has 2 aromatic rings. The molecular weight excluding hydrogens is 412 g/mol. The molecule has 1 unspecified atom stereocenters. The fourth-order valence-electron chi connectivity index (χ4n) is 5.10. The van der Waals surface area contributed by atoms with Gasteiger partial charge in [-0.25, -0.2) is 8.42 Å². The van der Waals surface area contributed by atoms with Crippen LogP contribution in [0.1, 0.15) is 35.6 Å². The van der Waals surface area contributed by atoms with Gasteiger partial charge in [-0.15, -0.1) is 0 Å². The second-order valence-electron chi connectivity index (χ2n) is 8.78. The van der Waals surface area contributed by atoms with Crippen LogP contribution in [0.5, 0.6) is 5.75 Å². The van der Waals surface area contributed by atoms with Crippen molar-refractivity contribution < 1.29 is 17.9 Å². The molecule has 0 amide bonds. The third kappa shape index (κ3) is 3.79. The summed E-state index contributed by atoms with van der Waals surface area (Å²) < 4.78 is 34.1. The number of benzene rings is 2. The van der Waals surface area contributed by atoms with Crippen molar-refractivity contribution in [3.05, 3.63) is 58.7 Å². The highest BCUT2D eigenvalue weighted by Gasteiger charge is 2.49. The van der Waals surface area contributed by atoms with Crippen LogP contribution in [0.4, 0.5) is 0 Å². The molecule has 0 aliphatic carbocycles. The number of ketones is 1. The summed E-state index contributed by atoms with van der Waals surface area (Å²) in [4.78, 5) is 15.0. The number of methoxy groups -OCH3 is 1. The summed E-state index contributed by atoms with van der Waals surface area (Å²) in [5.41, 5.74) is 3.56. The summed E-state index contributed by atoms with van der Waals surface area (Å²) in [6.45, 7) is 7.60. The number of hydrogen-bond acceptors (Lipinski definition) is 5. The van der Waals surface area contributed by atoms with E-state index in [-0.39, 0.29) is 18.7 Å². The van der Waals surface area contributed by atoms with Gasteiger partial charge in [0.05, 0.1) is 17.5 Å². The Kier molecular flexibility index (Phi) is 5.70. The Labute approximate surface area is 184 Å². The lowest BCUT2D eigenvalue weighted by Crippen LogP contribution is -2.63. The molecule has 0 spiro atoms. The van der Waals surface area contributed by atoms with Crippen LogP contribution < -0.4 is 4.74 Å². The zero-order chi connectivity index (χ0) is 22.4. The van der Waals surface area contributed by atoms with Gasteiger partial charge in [0.2, 0.25) is 10.0 Å². The molecule has 1 atom stereocenters. The molecule has 166 valence electrons. The molecule has 0 saturated carbocycles. The third-order valence-corrected chi connectivity index (χ3v) is 8.50. The van der Waals surface area contributed by atoms with Crippen LogP contribution in [0.25, 0.3) is 0 Å². The van der Waals surface area contributed by atoms with Gasteiger partial charge in [0.1, 0.15) is 11.5 Å². The Bertz CT molecular complexity index is 1110. The van der Waals surface area contributed by atoms with Crippen molar-refractivity contribution in [1.29, 1.82) is 0 Å². The van der Waals surface area contributed by atoms with Crippen molar-refractivity contribution in [1.82, 2.24) is 9.21 Å². The van der Waals surface area contributed by atoms with Crippen LogP contribution >= 0.6 is 0 Å². The topological polar surface area (TPSA) is 66.9 Å². The van der Waals surface area contributed by atoms with Crippen molar-refractivity contribution in [2.75, 3.05) is 33.3 Å². The van der Waals surface area contributed by atoms with Crippen LogP contribution in [0.2, 0.25) is 0 Å². The quantitative estimate of drug-likeness (QED) is 0.712. The molecule has 2 heterocycles. The Hall–Kier alpha value is -2.22. The minimum atomic E-state index is -3.67. The number of rotatable bonds is 5. The van der Waals surface area contributed by atoms with Gasteiger partial charge in [0.15, 0.2) is 0 Å². The van der Waals surface area contributed by atoms with Crippen LogP contribution in [0.3, 0.4) is 0 Å². The summed E-state index contributed by atoms with van der Waals surface area (Å²) in [7, 11) is -2.02. The third-order valence-electron chi connectivity index (χ3n) is 6.64. The molecular formula is C24H30N2O4S. The maximum Gasteiger partial charge on any atom is 0.243 e. The number of aryl methyl sites for hydroxylation is 2. The molecule has 1 saturated heterocycles. The van der Waals surface area contributed by atoms with Crippen molar-refractivity contribution in [2.45, 2.75) is 44.0 Å². The molecule has 1 fully saturated rings. The fourth-order valence-corrected chi connectivity index (χ4v) is 6.58. The fraction of sp³-hybridized carbons (Fsp3) is 0.458. The standard InChI is InChI=1S/C24H30N2O4S/c1-17-5-7-21(8-6-17)31(28,29)26-12-11-25-10-9-20-13-18(2)23(30-4)14-22(20)24(25,16-26)15-19(3)27/h5-8,13-14H,9-12,15-16H2,1-4H3. The highest BCUT2D eigenvalue weighted by molar-refractivity contribution is 7.89. The van der Waals surface area contributed by atoms with Gasteiger partial charge in [-0.2, -0.15) is 4.31 Å². The van der Waals surface area contributed by atoms with Crippen LogP contribution in [-0.4, -0.2) is 56.7 Å². The highest BCUT2D eigenvalue weighted by atomic mass is 32.2. The number of carbonyl (C=O) groups is 1. The molecule has 4 rings (SSSR count). The Morgan fingerprint density at radius 2 is 1.81 bits per heavy atom. The van der Waals surface area contributed by atoms with Gasteiger partial charge in [0, 0.05) is 32.6 Å². The largest absolute Gasteiger partial charge is 0.496 e. The highest BCUT2D eigenvalue weighted by Crippen LogP contribution is 2.44. The van der Waals surface area contributed by atoms with Gasteiger partial charge >= 0.3 is 0 Å². The van der Waals surface area contributed by atoms with E-state index in [4.69, 9.17) is 4.74 Å². The first kappa shape index (κ1) is 22.0. The molecule has 2 aliphatic rings. The zero-order valence-corrected chi connectivity index (χ0v) is 19.5. The van der Waals surface area contributed by atoms with E-state index in [0.717, 1.165) is 35.4 Å². The lowest BCUT2D eigenvalue weighted by molar-refractivity contribution is -0.121. The number of hydrogen-bond donors (Lipinski definition) is 0. The van der Waals surface area contributed by atoms with Gasteiger partial charge in [-0.3, -0.25) is 9.69 Å². The number of nitrogens with zero attached hydrogens (tertiary/aromatic N) is 2.